The van der Waals surface area contributed by atoms with Crippen LogP contribution in [0.3, 0.4) is 0 Å². The van der Waals surface area contributed by atoms with Crippen molar-refractivity contribution in [1.29, 1.82) is 0 Å². The van der Waals surface area contributed by atoms with Gasteiger partial charge < -0.3 is 4.74 Å². The van der Waals surface area contributed by atoms with Crippen molar-refractivity contribution in [2.24, 2.45) is 0 Å². The van der Waals surface area contributed by atoms with E-state index in [1.165, 1.54) is 0 Å². The van der Waals surface area contributed by atoms with Crippen LogP contribution in [0.5, 0.6) is 0 Å². The molecule has 1 unspecified atom stereocenters. The van der Waals surface area contributed by atoms with E-state index in [1.54, 1.807) is 17.1 Å². The maximum absolute atomic E-state index is 12.9. The van der Waals surface area contributed by atoms with Crippen LogP contribution in [0, 0.1) is 3.70 Å². The summed E-state index contributed by atoms with van der Waals surface area (Å²) in [6.45, 7) is 1.44. The highest BCUT2D eigenvalue weighted by Gasteiger charge is 2.47. The van der Waals surface area contributed by atoms with Crippen LogP contribution >= 0.6 is 22.6 Å². The Kier molecular flexibility index (Phi) is 5.25. The van der Waals surface area contributed by atoms with Gasteiger partial charge in [0.25, 0.3) is 5.92 Å². The van der Waals surface area contributed by atoms with Crippen LogP contribution in [-0.2, 0) is 4.74 Å². The smallest absolute Gasteiger partial charge is 0.252 e. The third-order valence-corrected chi connectivity index (χ3v) is 4.59. The highest BCUT2D eigenvalue weighted by molar-refractivity contribution is 14.1. The van der Waals surface area contributed by atoms with E-state index in [0.29, 0.717) is 12.5 Å². The molecule has 7 heteroatoms. The SMILES string of the molecule is FC1(F)CC(n2nc(I)cc2C2CCOC2)C1.c1ccncc1. The minimum Gasteiger partial charge on any atom is -0.381 e. The Morgan fingerprint density at radius 3 is 2.43 bits per heavy atom. The Balaban J connectivity index is 0.000000220. The summed E-state index contributed by atoms with van der Waals surface area (Å²) in [6, 6.07) is 7.58. The lowest BCUT2D eigenvalue weighted by Crippen LogP contribution is -2.38. The Bertz CT molecular complexity index is 595. The van der Waals surface area contributed by atoms with Gasteiger partial charge in [0.05, 0.1) is 12.6 Å². The molecule has 2 aliphatic rings. The molecule has 4 rings (SSSR count). The second kappa shape index (κ2) is 7.21. The topological polar surface area (TPSA) is 39.9 Å². The molecule has 2 fully saturated rings. The number of aromatic nitrogens is 3. The normalized spacial score (nSPS) is 23.0. The maximum atomic E-state index is 12.9. The molecule has 1 aliphatic carbocycles. The van der Waals surface area contributed by atoms with Gasteiger partial charge in [-0.05, 0) is 47.2 Å². The van der Waals surface area contributed by atoms with Crippen molar-refractivity contribution < 1.29 is 13.5 Å². The summed E-state index contributed by atoms with van der Waals surface area (Å²) in [5.41, 5.74) is 1.06. The summed E-state index contributed by atoms with van der Waals surface area (Å²) in [6.07, 6.45) is 4.31. The predicted molar refractivity (Wildman–Crippen MR) is 90.6 cm³/mol. The molecule has 1 atom stereocenters. The molecule has 1 saturated heterocycles. The van der Waals surface area contributed by atoms with E-state index in [1.807, 2.05) is 24.3 Å². The van der Waals surface area contributed by atoms with Crippen LogP contribution in [-0.4, -0.2) is 33.9 Å². The number of hydrogen-bond donors (Lipinski definition) is 0. The molecule has 2 aromatic heterocycles. The Morgan fingerprint density at radius 2 is 1.96 bits per heavy atom. The molecule has 4 nitrogen and oxygen atoms in total. The Labute approximate surface area is 147 Å². The zero-order valence-electron chi connectivity index (χ0n) is 12.5. The van der Waals surface area contributed by atoms with Crippen molar-refractivity contribution in [3.05, 3.63) is 46.1 Å². The second-order valence-corrected chi connectivity index (χ2v) is 6.94. The van der Waals surface area contributed by atoms with Gasteiger partial charge in [-0.15, -0.1) is 0 Å². The number of alkyl halides is 2. The van der Waals surface area contributed by atoms with E-state index in [9.17, 15) is 8.78 Å². The van der Waals surface area contributed by atoms with Crippen LogP contribution in [0.15, 0.2) is 36.7 Å². The summed E-state index contributed by atoms with van der Waals surface area (Å²) in [7, 11) is 0. The lowest BCUT2D eigenvalue weighted by molar-refractivity contribution is -0.107. The van der Waals surface area contributed by atoms with Gasteiger partial charge >= 0.3 is 0 Å². The first kappa shape index (κ1) is 16.8. The lowest BCUT2D eigenvalue weighted by Gasteiger charge is -2.36. The van der Waals surface area contributed by atoms with Gasteiger partial charge in [0, 0.05) is 43.5 Å². The van der Waals surface area contributed by atoms with Crippen molar-refractivity contribution >= 4 is 22.6 Å². The largest absolute Gasteiger partial charge is 0.381 e. The van der Waals surface area contributed by atoms with E-state index in [-0.39, 0.29) is 18.9 Å². The average molecular weight is 433 g/mol. The fraction of sp³-hybridized carbons (Fsp3) is 0.500. The van der Waals surface area contributed by atoms with Crippen molar-refractivity contribution in [2.75, 3.05) is 13.2 Å². The van der Waals surface area contributed by atoms with Crippen LogP contribution in [0.25, 0.3) is 0 Å². The van der Waals surface area contributed by atoms with E-state index in [4.69, 9.17) is 4.74 Å². The molecule has 0 N–H and O–H groups in total. The molecule has 0 spiro atoms. The van der Waals surface area contributed by atoms with Crippen molar-refractivity contribution in [3.63, 3.8) is 0 Å². The van der Waals surface area contributed by atoms with Crippen molar-refractivity contribution in [3.8, 4) is 0 Å². The third-order valence-electron chi connectivity index (χ3n) is 4.06. The minimum absolute atomic E-state index is 0.0780. The quantitative estimate of drug-likeness (QED) is 0.672. The number of ether oxygens (including phenoxy) is 1. The molecule has 0 bridgehead atoms. The first-order valence-electron chi connectivity index (χ1n) is 7.61. The maximum Gasteiger partial charge on any atom is 0.252 e. The molecule has 2 aromatic rings. The molecule has 23 heavy (non-hydrogen) atoms. The molecule has 0 amide bonds. The summed E-state index contributed by atoms with van der Waals surface area (Å²) in [4.78, 5) is 3.78. The van der Waals surface area contributed by atoms with Gasteiger partial charge in [-0.2, -0.15) is 5.10 Å². The molecule has 1 saturated carbocycles. The number of nitrogens with zero attached hydrogens (tertiary/aromatic N) is 3. The summed E-state index contributed by atoms with van der Waals surface area (Å²) in [5, 5.41) is 4.36. The van der Waals surface area contributed by atoms with E-state index < -0.39 is 5.92 Å². The first-order chi connectivity index (χ1) is 11.1. The molecule has 124 valence electrons. The lowest BCUT2D eigenvalue weighted by atomic mass is 9.87. The van der Waals surface area contributed by atoms with Gasteiger partial charge in [-0.3, -0.25) is 9.67 Å². The van der Waals surface area contributed by atoms with Crippen LogP contribution in [0.4, 0.5) is 8.78 Å². The standard InChI is InChI=1S/C11H13F2IN2O.C5H5N/c12-11(13)4-8(5-11)16-9(3-10(14)15-16)7-1-2-17-6-7;1-2-4-6-5-3-1/h3,7-8H,1-2,4-6H2;1-5H. The van der Waals surface area contributed by atoms with Gasteiger partial charge in [0.15, 0.2) is 0 Å². The molecular formula is C16H18F2IN3O. The first-order valence-corrected chi connectivity index (χ1v) is 8.68. The zero-order chi connectivity index (χ0) is 16.3. The van der Waals surface area contributed by atoms with Crippen LogP contribution in [0.1, 0.15) is 36.9 Å². The van der Waals surface area contributed by atoms with Crippen molar-refractivity contribution in [2.45, 2.75) is 37.1 Å². The number of halogens is 3. The fourth-order valence-electron chi connectivity index (χ4n) is 2.86. The monoisotopic (exact) mass is 433 g/mol. The van der Waals surface area contributed by atoms with Gasteiger partial charge in [-0.25, -0.2) is 8.78 Å². The summed E-state index contributed by atoms with van der Waals surface area (Å²) in [5.74, 6) is -2.17. The highest BCUT2D eigenvalue weighted by Crippen LogP contribution is 2.46. The van der Waals surface area contributed by atoms with Gasteiger partial charge in [0.2, 0.25) is 0 Å². The van der Waals surface area contributed by atoms with E-state index >= 15 is 0 Å². The molecule has 0 radical (unpaired) electrons. The summed E-state index contributed by atoms with van der Waals surface area (Å²) >= 11 is 2.14. The van der Waals surface area contributed by atoms with E-state index in [0.717, 1.165) is 22.4 Å². The van der Waals surface area contributed by atoms with Gasteiger partial charge in [-0.1, -0.05) is 6.07 Å². The fourth-order valence-corrected chi connectivity index (χ4v) is 3.41. The number of pyridine rings is 1. The van der Waals surface area contributed by atoms with E-state index in [2.05, 4.69) is 32.7 Å². The Morgan fingerprint density at radius 1 is 1.22 bits per heavy atom. The second-order valence-electron chi connectivity index (χ2n) is 5.84. The molecule has 1 aliphatic heterocycles. The third kappa shape index (κ3) is 4.26. The highest BCUT2D eigenvalue weighted by atomic mass is 127. The predicted octanol–water partition coefficient (Wildman–Crippen LogP) is 4.04. The molecule has 3 heterocycles. The van der Waals surface area contributed by atoms with Crippen LogP contribution < -0.4 is 0 Å². The number of hydrogen-bond acceptors (Lipinski definition) is 3. The van der Waals surface area contributed by atoms with Crippen LogP contribution in [0.2, 0.25) is 0 Å². The molecular weight excluding hydrogens is 415 g/mol. The van der Waals surface area contributed by atoms with Crippen molar-refractivity contribution in [1.82, 2.24) is 14.8 Å². The minimum atomic E-state index is -2.49. The number of rotatable bonds is 2. The zero-order valence-corrected chi connectivity index (χ0v) is 14.7. The summed E-state index contributed by atoms with van der Waals surface area (Å²) < 4.78 is 33.9. The molecule has 0 aromatic carbocycles. The van der Waals surface area contributed by atoms with Gasteiger partial charge in [0.1, 0.15) is 3.70 Å². The Hall–Kier alpha value is -1.09. The average Bonchev–Trinajstić information content (AvgIpc) is 3.16.